The van der Waals surface area contributed by atoms with Crippen LogP contribution in [0.5, 0.6) is 5.75 Å². The molecule has 3 rings (SSSR count). The van der Waals surface area contributed by atoms with E-state index >= 15 is 0 Å². The first-order chi connectivity index (χ1) is 11.7. The van der Waals surface area contributed by atoms with E-state index in [4.69, 9.17) is 14.6 Å². The van der Waals surface area contributed by atoms with E-state index in [1.165, 1.54) is 6.20 Å². The SMILES string of the molecule is COc1ccc(Cn2ncc3cc(C(=O)OCCO)cnc32)cc1. The molecule has 0 spiro atoms. The van der Waals surface area contributed by atoms with E-state index < -0.39 is 5.97 Å². The highest BCUT2D eigenvalue weighted by Gasteiger charge is 2.11. The lowest BCUT2D eigenvalue weighted by Gasteiger charge is -2.06. The van der Waals surface area contributed by atoms with Crippen LogP contribution in [0.4, 0.5) is 0 Å². The van der Waals surface area contributed by atoms with Crippen molar-refractivity contribution in [2.45, 2.75) is 6.54 Å². The molecule has 3 aromatic rings. The summed E-state index contributed by atoms with van der Waals surface area (Å²) in [6.45, 7) is 0.323. The summed E-state index contributed by atoms with van der Waals surface area (Å²) in [5.41, 5.74) is 2.08. The van der Waals surface area contributed by atoms with Crippen molar-refractivity contribution >= 4 is 17.0 Å². The van der Waals surface area contributed by atoms with Crippen molar-refractivity contribution in [3.05, 3.63) is 53.9 Å². The fourth-order valence-electron chi connectivity index (χ4n) is 2.32. The van der Waals surface area contributed by atoms with E-state index in [2.05, 4.69) is 10.1 Å². The Morgan fingerprint density at radius 3 is 2.75 bits per heavy atom. The van der Waals surface area contributed by atoms with Gasteiger partial charge in [-0.05, 0) is 23.8 Å². The van der Waals surface area contributed by atoms with Crippen molar-refractivity contribution in [1.82, 2.24) is 14.8 Å². The number of carbonyl (C=O) groups is 1. The molecule has 0 fully saturated rings. The number of hydrogen-bond donors (Lipinski definition) is 1. The number of pyridine rings is 1. The van der Waals surface area contributed by atoms with Crippen molar-refractivity contribution < 1.29 is 19.4 Å². The predicted molar refractivity (Wildman–Crippen MR) is 87.0 cm³/mol. The lowest BCUT2D eigenvalue weighted by atomic mass is 10.2. The summed E-state index contributed by atoms with van der Waals surface area (Å²) in [5, 5.41) is 13.8. The zero-order valence-corrected chi connectivity index (χ0v) is 13.2. The maximum atomic E-state index is 11.8. The van der Waals surface area contributed by atoms with E-state index in [1.807, 2.05) is 24.3 Å². The number of hydrogen-bond acceptors (Lipinski definition) is 6. The van der Waals surface area contributed by atoms with Gasteiger partial charge in [-0.1, -0.05) is 12.1 Å². The van der Waals surface area contributed by atoms with Gasteiger partial charge < -0.3 is 14.6 Å². The Balaban J connectivity index is 1.81. The standard InChI is InChI=1S/C17H17N3O4/c1-23-15-4-2-12(3-5-15)11-20-16-13(10-19-20)8-14(9-18-16)17(22)24-7-6-21/h2-5,8-10,21H,6-7,11H2,1H3. The molecule has 1 N–H and O–H groups in total. The van der Waals surface area contributed by atoms with Gasteiger partial charge in [0.2, 0.25) is 0 Å². The fourth-order valence-corrected chi connectivity index (χ4v) is 2.32. The van der Waals surface area contributed by atoms with Gasteiger partial charge in [0.05, 0.1) is 32.0 Å². The van der Waals surface area contributed by atoms with Crippen LogP contribution in [0.1, 0.15) is 15.9 Å². The molecule has 0 aliphatic heterocycles. The van der Waals surface area contributed by atoms with E-state index in [9.17, 15) is 4.79 Å². The molecular formula is C17H17N3O4. The molecule has 0 atom stereocenters. The molecule has 0 saturated heterocycles. The Morgan fingerprint density at radius 1 is 1.25 bits per heavy atom. The van der Waals surface area contributed by atoms with Gasteiger partial charge in [0.1, 0.15) is 12.4 Å². The second kappa shape index (κ2) is 7.10. The van der Waals surface area contributed by atoms with Gasteiger partial charge in [0, 0.05) is 11.6 Å². The molecule has 2 heterocycles. The smallest absolute Gasteiger partial charge is 0.339 e. The number of carbonyl (C=O) groups excluding carboxylic acids is 1. The van der Waals surface area contributed by atoms with E-state index in [0.29, 0.717) is 17.8 Å². The molecule has 0 unspecified atom stereocenters. The minimum absolute atomic E-state index is 0.0341. The summed E-state index contributed by atoms with van der Waals surface area (Å²) < 4.78 is 11.8. The Bertz CT molecular complexity index is 843. The lowest BCUT2D eigenvalue weighted by molar-refractivity contribution is 0.0433. The molecule has 7 heteroatoms. The number of benzene rings is 1. The molecular weight excluding hydrogens is 310 g/mol. The second-order valence-corrected chi connectivity index (χ2v) is 5.15. The first-order valence-corrected chi connectivity index (χ1v) is 7.43. The highest BCUT2D eigenvalue weighted by Crippen LogP contribution is 2.17. The first-order valence-electron chi connectivity index (χ1n) is 7.43. The molecule has 0 radical (unpaired) electrons. The number of esters is 1. The first kappa shape index (κ1) is 15.9. The van der Waals surface area contributed by atoms with Crippen molar-refractivity contribution in [2.75, 3.05) is 20.3 Å². The van der Waals surface area contributed by atoms with Crippen molar-refractivity contribution in [3.8, 4) is 5.75 Å². The zero-order chi connectivity index (χ0) is 16.9. The maximum Gasteiger partial charge on any atom is 0.339 e. The normalized spacial score (nSPS) is 10.8. The van der Waals surface area contributed by atoms with Crippen LogP contribution in [0.25, 0.3) is 11.0 Å². The van der Waals surface area contributed by atoms with Crippen molar-refractivity contribution in [2.24, 2.45) is 0 Å². The number of rotatable bonds is 6. The van der Waals surface area contributed by atoms with E-state index in [1.54, 1.807) is 24.1 Å². The monoisotopic (exact) mass is 327 g/mol. The molecule has 2 aromatic heterocycles. The van der Waals surface area contributed by atoms with E-state index in [-0.39, 0.29) is 13.2 Å². The summed E-state index contributed by atoms with van der Waals surface area (Å²) in [7, 11) is 1.63. The molecule has 0 saturated carbocycles. The number of aromatic nitrogens is 3. The highest BCUT2D eigenvalue weighted by atomic mass is 16.5. The minimum Gasteiger partial charge on any atom is -0.497 e. The summed E-state index contributed by atoms with van der Waals surface area (Å²) >= 11 is 0. The molecule has 0 aliphatic carbocycles. The third kappa shape index (κ3) is 3.36. The number of aliphatic hydroxyl groups excluding tert-OH is 1. The second-order valence-electron chi connectivity index (χ2n) is 5.15. The Morgan fingerprint density at radius 2 is 2.04 bits per heavy atom. The van der Waals surface area contributed by atoms with Gasteiger partial charge in [-0.15, -0.1) is 0 Å². The zero-order valence-electron chi connectivity index (χ0n) is 13.2. The van der Waals surface area contributed by atoms with Crippen LogP contribution >= 0.6 is 0 Å². The summed E-state index contributed by atoms with van der Waals surface area (Å²) in [6, 6.07) is 9.40. The van der Waals surface area contributed by atoms with Gasteiger partial charge in [0.15, 0.2) is 5.65 Å². The predicted octanol–water partition coefficient (Wildman–Crippen LogP) is 1.64. The summed E-state index contributed by atoms with van der Waals surface area (Å²) in [4.78, 5) is 16.1. The maximum absolute atomic E-state index is 11.8. The van der Waals surface area contributed by atoms with Gasteiger partial charge in [-0.2, -0.15) is 5.10 Å². The van der Waals surface area contributed by atoms with Crippen LogP contribution in [0.3, 0.4) is 0 Å². The topological polar surface area (TPSA) is 86.5 Å². The quantitative estimate of drug-likeness (QED) is 0.693. The molecule has 7 nitrogen and oxygen atoms in total. The van der Waals surface area contributed by atoms with Crippen LogP contribution < -0.4 is 4.74 Å². The van der Waals surface area contributed by atoms with E-state index in [0.717, 1.165) is 16.7 Å². The lowest BCUT2D eigenvalue weighted by Crippen LogP contribution is -2.09. The van der Waals surface area contributed by atoms with Gasteiger partial charge in [-0.25, -0.2) is 14.5 Å². The van der Waals surface area contributed by atoms with Crippen LogP contribution in [0.2, 0.25) is 0 Å². The molecule has 1 aromatic carbocycles. The number of ether oxygens (including phenoxy) is 2. The fraction of sp³-hybridized carbons (Fsp3) is 0.235. The summed E-state index contributed by atoms with van der Waals surface area (Å²) in [5.74, 6) is 0.287. The van der Waals surface area contributed by atoms with Crippen LogP contribution in [0.15, 0.2) is 42.7 Å². The molecule has 124 valence electrons. The van der Waals surface area contributed by atoms with Gasteiger partial charge in [-0.3, -0.25) is 0 Å². The van der Waals surface area contributed by atoms with Crippen molar-refractivity contribution in [3.63, 3.8) is 0 Å². The minimum atomic E-state index is -0.513. The number of aliphatic hydroxyl groups is 1. The third-order valence-corrected chi connectivity index (χ3v) is 3.53. The van der Waals surface area contributed by atoms with Crippen molar-refractivity contribution in [1.29, 1.82) is 0 Å². The third-order valence-electron chi connectivity index (χ3n) is 3.53. The molecule has 0 bridgehead atoms. The number of fused-ring (bicyclic) bond motifs is 1. The highest BCUT2D eigenvalue weighted by molar-refractivity contribution is 5.92. The van der Waals surface area contributed by atoms with Crippen LogP contribution in [-0.4, -0.2) is 46.2 Å². The Hall–Kier alpha value is -2.93. The van der Waals surface area contributed by atoms with Crippen LogP contribution in [-0.2, 0) is 11.3 Å². The molecule has 24 heavy (non-hydrogen) atoms. The number of methoxy groups -OCH3 is 1. The molecule has 0 aliphatic rings. The Labute approximate surface area is 138 Å². The Kier molecular flexibility index (Phi) is 4.72. The number of nitrogens with zero attached hydrogens (tertiary/aromatic N) is 3. The molecule has 0 amide bonds. The van der Waals surface area contributed by atoms with Crippen LogP contribution in [0, 0.1) is 0 Å². The largest absolute Gasteiger partial charge is 0.497 e. The summed E-state index contributed by atoms with van der Waals surface area (Å²) in [6.07, 6.45) is 3.11. The van der Waals surface area contributed by atoms with Gasteiger partial charge in [0.25, 0.3) is 0 Å². The average Bonchev–Trinajstić information content (AvgIpc) is 3.02. The van der Waals surface area contributed by atoms with Gasteiger partial charge >= 0.3 is 5.97 Å². The average molecular weight is 327 g/mol.